The molecule has 0 saturated carbocycles. The summed E-state index contributed by atoms with van der Waals surface area (Å²) in [6, 6.07) is 3.53. The molecule has 1 N–H and O–H groups in total. The zero-order chi connectivity index (χ0) is 14.7. The molecule has 1 amide bonds. The standard InChI is InChI=1S/C15H17N3O3/c1-11-3-8-21-12(11)13(19)18-15(4-9-20-10-5-15)14-16-6-2-7-17-14/h2-3,6-8H,4-5,9-10H2,1H3,(H,18,19). The molecular weight excluding hydrogens is 270 g/mol. The Morgan fingerprint density at radius 3 is 2.62 bits per heavy atom. The maximum Gasteiger partial charge on any atom is 0.288 e. The van der Waals surface area contributed by atoms with Crippen LogP contribution in [0.3, 0.4) is 0 Å². The van der Waals surface area contributed by atoms with Crippen molar-refractivity contribution in [1.29, 1.82) is 0 Å². The Morgan fingerprint density at radius 2 is 2.00 bits per heavy atom. The predicted molar refractivity (Wildman–Crippen MR) is 74.7 cm³/mol. The van der Waals surface area contributed by atoms with Crippen LogP contribution in [0.5, 0.6) is 0 Å². The molecule has 1 aliphatic heterocycles. The Balaban J connectivity index is 1.90. The first-order chi connectivity index (χ1) is 10.2. The van der Waals surface area contributed by atoms with Gasteiger partial charge in [-0.2, -0.15) is 0 Å². The fraction of sp³-hybridized carbons (Fsp3) is 0.400. The molecule has 3 heterocycles. The molecular formula is C15H17N3O3. The second kappa shape index (κ2) is 5.65. The van der Waals surface area contributed by atoms with Crippen molar-refractivity contribution in [3.05, 3.63) is 47.9 Å². The number of hydrogen-bond donors (Lipinski definition) is 1. The molecule has 1 aliphatic rings. The van der Waals surface area contributed by atoms with Gasteiger partial charge < -0.3 is 14.5 Å². The highest BCUT2D eigenvalue weighted by atomic mass is 16.5. The summed E-state index contributed by atoms with van der Waals surface area (Å²) in [6.07, 6.45) is 6.17. The summed E-state index contributed by atoms with van der Waals surface area (Å²) in [4.78, 5) is 21.1. The van der Waals surface area contributed by atoms with E-state index in [2.05, 4.69) is 15.3 Å². The molecule has 1 saturated heterocycles. The van der Waals surface area contributed by atoms with Gasteiger partial charge in [0.05, 0.1) is 6.26 Å². The van der Waals surface area contributed by atoms with Gasteiger partial charge in [-0.05, 0) is 19.1 Å². The van der Waals surface area contributed by atoms with Crippen LogP contribution in [0.25, 0.3) is 0 Å². The third-order valence-corrected chi connectivity index (χ3v) is 3.76. The van der Waals surface area contributed by atoms with E-state index in [1.54, 1.807) is 24.5 Å². The van der Waals surface area contributed by atoms with Crippen molar-refractivity contribution >= 4 is 5.91 Å². The topological polar surface area (TPSA) is 77.3 Å². The molecule has 0 radical (unpaired) electrons. The molecule has 2 aromatic rings. The van der Waals surface area contributed by atoms with Crippen LogP contribution in [0.4, 0.5) is 0 Å². The van der Waals surface area contributed by atoms with E-state index in [0.29, 0.717) is 37.6 Å². The molecule has 0 aliphatic carbocycles. The third-order valence-electron chi connectivity index (χ3n) is 3.76. The first-order valence-electron chi connectivity index (χ1n) is 6.93. The van der Waals surface area contributed by atoms with Crippen molar-refractivity contribution in [2.45, 2.75) is 25.3 Å². The lowest BCUT2D eigenvalue weighted by Gasteiger charge is -2.36. The second-order valence-corrected chi connectivity index (χ2v) is 5.15. The molecule has 2 aromatic heterocycles. The van der Waals surface area contributed by atoms with Crippen LogP contribution in [0, 0.1) is 6.92 Å². The number of nitrogens with zero attached hydrogens (tertiary/aromatic N) is 2. The normalized spacial score (nSPS) is 17.4. The van der Waals surface area contributed by atoms with E-state index in [0.717, 1.165) is 5.56 Å². The van der Waals surface area contributed by atoms with Gasteiger partial charge in [0, 0.05) is 44.0 Å². The van der Waals surface area contributed by atoms with E-state index in [1.165, 1.54) is 6.26 Å². The van der Waals surface area contributed by atoms with Crippen molar-refractivity contribution in [2.75, 3.05) is 13.2 Å². The van der Waals surface area contributed by atoms with E-state index in [9.17, 15) is 4.79 Å². The van der Waals surface area contributed by atoms with E-state index >= 15 is 0 Å². The van der Waals surface area contributed by atoms with Gasteiger partial charge >= 0.3 is 0 Å². The van der Waals surface area contributed by atoms with Crippen LogP contribution in [0.1, 0.15) is 34.8 Å². The Morgan fingerprint density at radius 1 is 1.29 bits per heavy atom. The van der Waals surface area contributed by atoms with Crippen LogP contribution in [-0.4, -0.2) is 29.1 Å². The molecule has 6 heteroatoms. The van der Waals surface area contributed by atoms with Crippen molar-refractivity contribution in [1.82, 2.24) is 15.3 Å². The van der Waals surface area contributed by atoms with Crippen LogP contribution in [-0.2, 0) is 10.3 Å². The number of carbonyl (C=O) groups excluding carboxylic acids is 1. The molecule has 0 unspecified atom stereocenters. The van der Waals surface area contributed by atoms with Crippen LogP contribution >= 0.6 is 0 Å². The molecule has 0 aromatic carbocycles. The Hall–Kier alpha value is -2.21. The van der Waals surface area contributed by atoms with Gasteiger partial charge in [0.1, 0.15) is 5.54 Å². The van der Waals surface area contributed by atoms with E-state index in [-0.39, 0.29) is 5.91 Å². The van der Waals surface area contributed by atoms with E-state index < -0.39 is 5.54 Å². The Labute approximate surface area is 122 Å². The minimum absolute atomic E-state index is 0.244. The number of carbonyl (C=O) groups is 1. The van der Waals surface area contributed by atoms with E-state index in [4.69, 9.17) is 9.15 Å². The molecule has 0 spiro atoms. The highest BCUT2D eigenvalue weighted by Crippen LogP contribution is 2.30. The zero-order valence-corrected chi connectivity index (χ0v) is 11.8. The van der Waals surface area contributed by atoms with Crippen LogP contribution < -0.4 is 5.32 Å². The number of aromatic nitrogens is 2. The first-order valence-corrected chi connectivity index (χ1v) is 6.93. The SMILES string of the molecule is Cc1ccoc1C(=O)NC1(c2ncccn2)CCOCC1. The van der Waals surface area contributed by atoms with Crippen LogP contribution in [0.15, 0.2) is 35.2 Å². The molecule has 21 heavy (non-hydrogen) atoms. The maximum atomic E-state index is 12.5. The maximum absolute atomic E-state index is 12.5. The second-order valence-electron chi connectivity index (χ2n) is 5.15. The van der Waals surface area contributed by atoms with Gasteiger partial charge in [0.15, 0.2) is 11.6 Å². The lowest BCUT2D eigenvalue weighted by atomic mass is 9.88. The zero-order valence-electron chi connectivity index (χ0n) is 11.8. The average molecular weight is 287 g/mol. The largest absolute Gasteiger partial charge is 0.459 e. The molecule has 110 valence electrons. The molecule has 3 rings (SSSR count). The third kappa shape index (κ3) is 2.67. The molecule has 0 atom stereocenters. The average Bonchev–Trinajstić information content (AvgIpc) is 2.95. The van der Waals surface area contributed by atoms with Crippen molar-refractivity contribution in [3.63, 3.8) is 0 Å². The van der Waals surface area contributed by atoms with Crippen molar-refractivity contribution in [3.8, 4) is 0 Å². The number of aryl methyl sites for hydroxylation is 1. The van der Waals surface area contributed by atoms with Gasteiger partial charge in [-0.1, -0.05) is 0 Å². The highest BCUT2D eigenvalue weighted by Gasteiger charge is 2.39. The lowest BCUT2D eigenvalue weighted by molar-refractivity contribution is 0.0305. The minimum Gasteiger partial charge on any atom is -0.459 e. The van der Waals surface area contributed by atoms with Gasteiger partial charge in [-0.3, -0.25) is 4.79 Å². The van der Waals surface area contributed by atoms with Gasteiger partial charge in [0.2, 0.25) is 0 Å². The summed E-state index contributed by atoms with van der Waals surface area (Å²) in [7, 11) is 0. The summed E-state index contributed by atoms with van der Waals surface area (Å²) in [5.74, 6) is 0.703. The molecule has 6 nitrogen and oxygen atoms in total. The molecule has 1 fully saturated rings. The monoisotopic (exact) mass is 287 g/mol. The smallest absolute Gasteiger partial charge is 0.288 e. The minimum atomic E-state index is -0.601. The highest BCUT2D eigenvalue weighted by molar-refractivity contribution is 5.93. The first kappa shape index (κ1) is 13.8. The summed E-state index contributed by atoms with van der Waals surface area (Å²) < 4.78 is 10.7. The number of nitrogens with one attached hydrogen (secondary N) is 1. The summed E-state index contributed by atoms with van der Waals surface area (Å²) >= 11 is 0. The number of amides is 1. The Kier molecular flexibility index (Phi) is 3.70. The summed E-state index contributed by atoms with van der Waals surface area (Å²) in [5.41, 5.74) is 0.208. The van der Waals surface area contributed by atoms with Crippen molar-refractivity contribution in [2.24, 2.45) is 0 Å². The number of furan rings is 1. The summed E-state index contributed by atoms with van der Waals surface area (Å²) in [5, 5.41) is 3.05. The lowest BCUT2D eigenvalue weighted by Crippen LogP contribution is -2.50. The number of hydrogen-bond acceptors (Lipinski definition) is 5. The fourth-order valence-corrected chi connectivity index (χ4v) is 2.55. The number of ether oxygens (including phenoxy) is 1. The Bertz CT molecular complexity index is 618. The fourth-order valence-electron chi connectivity index (χ4n) is 2.55. The molecule has 0 bridgehead atoms. The predicted octanol–water partition coefficient (Wildman–Crippen LogP) is 1.81. The number of rotatable bonds is 3. The van der Waals surface area contributed by atoms with Gasteiger partial charge in [-0.15, -0.1) is 0 Å². The van der Waals surface area contributed by atoms with E-state index in [1.807, 2.05) is 6.92 Å². The van der Waals surface area contributed by atoms with Crippen molar-refractivity contribution < 1.29 is 13.9 Å². The van der Waals surface area contributed by atoms with Gasteiger partial charge in [0.25, 0.3) is 5.91 Å². The van der Waals surface area contributed by atoms with Crippen LogP contribution in [0.2, 0.25) is 0 Å². The van der Waals surface area contributed by atoms with Gasteiger partial charge in [-0.25, -0.2) is 9.97 Å². The summed E-state index contributed by atoms with van der Waals surface area (Å²) in [6.45, 7) is 2.97. The quantitative estimate of drug-likeness (QED) is 0.931.